The Hall–Kier alpha value is -0.940. The predicted molar refractivity (Wildman–Crippen MR) is 58.6 cm³/mol. The van der Waals surface area contributed by atoms with E-state index in [4.69, 9.17) is 0 Å². The summed E-state index contributed by atoms with van der Waals surface area (Å²) >= 11 is 0. The Morgan fingerprint density at radius 3 is 2.53 bits per heavy atom. The van der Waals surface area contributed by atoms with E-state index in [1.165, 1.54) is 0 Å². The number of rotatable bonds is 3. The molecule has 0 aliphatic heterocycles. The number of hydrogen-bond donors (Lipinski definition) is 2. The number of hydrogen-bond acceptors (Lipinski definition) is 1. The Morgan fingerprint density at radius 1 is 1.29 bits per heavy atom. The van der Waals surface area contributed by atoms with Gasteiger partial charge in [-0.05, 0) is 18.8 Å². The lowest BCUT2D eigenvalue weighted by atomic mass is 9.83. The molecule has 1 rings (SSSR count). The van der Waals surface area contributed by atoms with E-state index in [1.54, 1.807) is 0 Å². The van der Waals surface area contributed by atoms with Gasteiger partial charge in [0.2, 0.25) is 0 Å². The van der Waals surface area contributed by atoms with E-state index >= 15 is 0 Å². The van der Waals surface area contributed by atoms with Crippen LogP contribution in [-0.2, 0) is 0 Å². The number of halogens is 3. The van der Waals surface area contributed by atoms with Gasteiger partial charge in [-0.1, -0.05) is 26.2 Å². The van der Waals surface area contributed by atoms with Crippen molar-refractivity contribution in [1.29, 1.82) is 0 Å². The van der Waals surface area contributed by atoms with Crippen molar-refractivity contribution in [2.24, 2.45) is 5.92 Å². The standard InChI is InChI=1S/C11H19F3N2O/c1-2-8-5-3-4-6-9(8)16-10(17)15-7-11(12,13)14/h8-9H,2-7H2,1H3,(H2,15,16,17). The second-order valence-corrected chi connectivity index (χ2v) is 4.50. The molecule has 2 atom stereocenters. The maximum atomic E-state index is 11.9. The molecular weight excluding hydrogens is 233 g/mol. The zero-order valence-electron chi connectivity index (χ0n) is 9.94. The number of carbonyl (C=O) groups is 1. The average Bonchev–Trinajstić information content (AvgIpc) is 2.26. The fourth-order valence-corrected chi connectivity index (χ4v) is 2.29. The first kappa shape index (κ1) is 14.1. The Bertz CT molecular complexity index is 256. The van der Waals surface area contributed by atoms with Crippen molar-refractivity contribution in [3.63, 3.8) is 0 Å². The predicted octanol–water partition coefficient (Wildman–Crippen LogP) is 2.82. The Kier molecular flexibility index (Phi) is 5.08. The lowest BCUT2D eigenvalue weighted by Crippen LogP contribution is -2.48. The summed E-state index contributed by atoms with van der Waals surface area (Å²) in [6.45, 7) is 0.765. The molecule has 0 aromatic heterocycles. The third kappa shape index (κ3) is 5.28. The van der Waals surface area contributed by atoms with Crippen molar-refractivity contribution >= 4 is 6.03 Å². The molecule has 1 aliphatic rings. The van der Waals surface area contributed by atoms with Gasteiger partial charge in [0.25, 0.3) is 0 Å². The minimum absolute atomic E-state index is 0.0157. The van der Waals surface area contributed by atoms with Gasteiger partial charge >= 0.3 is 12.2 Å². The largest absolute Gasteiger partial charge is 0.405 e. The molecular formula is C11H19F3N2O. The monoisotopic (exact) mass is 252 g/mol. The Balaban J connectivity index is 2.33. The van der Waals surface area contributed by atoms with Crippen molar-refractivity contribution < 1.29 is 18.0 Å². The third-order valence-electron chi connectivity index (χ3n) is 3.20. The minimum Gasteiger partial charge on any atom is -0.335 e. The molecule has 0 spiro atoms. The summed E-state index contributed by atoms with van der Waals surface area (Å²) in [6.07, 6.45) is 0.665. The maximum absolute atomic E-state index is 11.9. The van der Waals surface area contributed by atoms with Crippen LogP contribution in [0.2, 0.25) is 0 Å². The summed E-state index contributed by atoms with van der Waals surface area (Å²) in [5, 5.41) is 4.48. The van der Waals surface area contributed by atoms with E-state index in [0.717, 1.165) is 32.1 Å². The van der Waals surface area contributed by atoms with Gasteiger partial charge in [-0.15, -0.1) is 0 Å². The van der Waals surface area contributed by atoms with Crippen molar-refractivity contribution in [2.75, 3.05) is 6.54 Å². The topological polar surface area (TPSA) is 41.1 Å². The van der Waals surface area contributed by atoms with Crippen LogP contribution in [0.15, 0.2) is 0 Å². The van der Waals surface area contributed by atoms with Crippen LogP contribution in [0.1, 0.15) is 39.0 Å². The van der Waals surface area contributed by atoms with Crippen LogP contribution in [0.3, 0.4) is 0 Å². The molecule has 1 aliphatic carbocycles. The van der Waals surface area contributed by atoms with Gasteiger partial charge in [-0.25, -0.2) is 4.79 Å². The maximum Gasteiger partial charge on any atom is 0.405 e. The van der Waals surface area contributed by atoms with E-state index in [1.807, 2.05) is 12.2 Å². The molecule has 0 saturated heterocycles. The van der Waals surface area contributed by atoms with Crippen molar-refractivity contribution in [1.82, 2.24) is 10.6 Å². The summed E-state index contributed by atoms with van der Waals surface area (Å²) < 4.78 is 35.7. The van der Waals surface area contributed by atoms with E-state index < -0.39 is 18.8 Å². The molecule has 100 valence electrons. The first-order valence-corrected chi connectivity index (χ1v) is 6.03. The summed E-state index contributed by atoms with van der Waals surface area (Å²) in [4.78, 5) is 11.3. The molecule has 0 bridgehead atoms. The van der Waals surface area contributed by atoms with Gasteiger partial charge in [0.1, 0.15) is 6.54 Å². The van der Waals surface area contributed by atoms with Crippen LogP contribution >= 0.6 is 0 Å². The van der Waals surface area contributed by atoms with Gasteiger partial charge < -0.3 is 10.6 Å². The molecule has 2 N–H and O–H groups in total. The summed E-state index contributed by atoms with van der Waals surface area (Å²) in [7, 11) is 0. The fraction of sp³-hybridized carbons (Fsp3) is 0.909. The summed E-state index contributed by atoms with van der Waals surface area (Å²) in [5.74, 6) is 0.389. The van der Waals surface area contributed by atoms with E-state index in [2.05, 4.69) is 5.32 Å². The third-order valence-corrected chi connectivity index (χ3v) is 3.20. The van der Waals surface area contributed by atoms with Crippen molar-refractivity contribution in [3.8, 4) is 0 Å². The van der Waals surface area contributed by atoms with Crippen LogP contribution in [0.5, 0.6) is 0 Å². The Morgan fingerprint density at radius 2 is 1.94 bits per heavy atom. The molecule has 6 heteroatoms. The highest BCUT2D eigenvalue weighted by Crippen LogP contribution is 2.26. The zero-order chi connectivity index (χ0) is 12.9. The van der Waals surface area contributed by atoms with Crippen LogP contribution in [0.4, 0.5) is 18.0 Å². The number of nitrogens with one attached hydrogen (secondary N) is 2. The number of carbonyl (C=O) groups excluding carboxylic acids is 1. The normalized spacial score (nSPS) is 25.4. The quantitative estimate of drug-likeness (QED) is 0.796. The SMILES string of the molecule is CCC1CCCCC1NC(=O)NCC(F)(F)F. The molecule has 2 amide bonds. The lowest BCUT2D eigenvalue weighted by molar-refractivity contribution is -0.122. The van der Waals surface area contributed by atoms with Gasteiger partial charge in [0, 0.05) is 6.04 Å². The first-order valence-electron chi connectivity index (χ1n) is 6.03. The van der Waals surface area contributed by atoms with Crippen LogP contribution in [0, 0.1) is 5.92 Å². The van der Waals surface area contributed by atoms with Crippen LogP contribution in [0.25, 0.3) is 0 Å². The van der Waals surface area contributed by atoms with Gasteiger partial charge in [0.05, 0.1) is 0 Å². The highest BCUT2D eigenvalue weighted by atomic mass is 19.4. The van der Waals surface area contributed by atoms with Crippen molar-refractivity contribution in [2.45, 2.75) is 51.2 Å². The molecule has 3 nitrogen and oxygen atoms in total. The molecule has 1 fully saturated rings. The second-order valence-electron chi connectivity index (χ2n) is 4.50. The minimum atomic E-state index is -4.35. The van der Waals surface area contributed by atoms with Gasteiger partial charge in [-0.3, -0.25) is 0 Å². The molecule has 0 aromatic rings. The number of urea groups is 1. The molecule has 0 heterocycles. The summed E-state index contributed by atoms with van der Waals surface area (Å²) in [5.41, 5.74) is 0. The Labute approximate surface area is 99.1 Å². The first-order chi connectivity index (χ1) is 7.92. The molecule has 2 unspecified atom stereocenters. The van der Waals surface area contributed by atoms with E-state index in [0.29, 0.717) is 5.92 Å². The lowest BCUT2D eigenvalue weighted by Gasteiger charge is -2.31. The van der Waals surface area contributed by atoms with Crippen LogP contribution in [-0.4, -0.2) is 24.8 Å². The smallest absolute Gasteiger partial charge is 0.335 e. The summed E-state index contributed by atoms with van der Waals surface area (Å²) in [6, 6.07) is -0.699. The second kappa shape index (κ2) is 6.12. The van der Waals surface area contributed by atoms with Gasteiger partial charge in [-0.2, -0.15) is 13.2 Å². The highest BCUT2D eigenvalue weighted by molar-refractivity contribution is 5.74. The zero-order valence-corrected chi connectivity index (χ0v) is 9.94. The fourth-order valence-electron chi connectivity index (χ4n) is 2.29. The van der Waals surface area contributed by atoms with E-state index in [9.17, 15) is 18.0 Å². The van der Waals surface area contributed by atoms with E-state index in [-0.39, 0.29) is 6.04 Å². The highest BCUT2D eigenvalue weighted by Gasteiger charge is 2.29. The molecule has 0 radical (unpaired) electrons. The average molecular weight is 252 g/mol. The molecule has 0 aromatic carbocycles. The number of amides is 2. The van der Waals surface area contributed by atoms with Crippen LogP contribution < -0.4 is 10.6 Å². The van der Waals surface area contributed by atoms with Gasteiger partial charge in [0.15, 0.2) is 0 Å². The molecule has 1 saturated carbocycles. The number of alkyl halides is 3. The molecule has 17 heavy (non-hydrogen) atoms. The van der Waals surface area contributed by atoms with Crippen molar-refractivity contribution in [3.05, 3.63) is 0 Å².